The Morgan fingerprint density at radius 2 is 1.95 bits per heavy atom. The number of benzene rings is 1. The fourth-order valence-corrected chi connectivity index (χ4v) is 3.05. The molecule has 0 aromatic heterocycles. The lowest BCUT2D eigenvalue weighted by Crippen LogP contribution is -2.43. The minimum absolute atomic E-state index is 0.00672. The molecular weight excluding hydrogens is 355 g/mol. The fraction of sp³-hybridized carbons (Fsp3) is 0.467. The first-order valence-electron chi connectivity index (χ1n) is 7.17. The van der Waals surface area contributed by atoms with Crippen molar-refractivity contribution >= 4 is 27.9 Å². The van der Waals surface area contributed by atoms with Gasteiger partial charge in [0, 0.05) is 17.1 Å². The van der Waals surface area contributed by atoms with Crippen LogP contribution in [-0.2, 0) is 11.3 Å². The van der Waals surface area contributed by atoms with Crippen LogP contribution in [0.3, 0.4) is 0 Å². The normalized spacial score (nSPS) is 21.2. The Morgan fingerprint density at radius 1 is 1.27 bits per heavy atom. The molecule has 1 saturated carbocycles. The van der Waals surface area contributed by atoms with Gasteiger partial charge in [-0.25, -0.2) is 9.18 Å². The Kier molecular flexibility index (Phi) is 5.76. The third kappa shape index (κ3) is 4.69. The zero-order chi connectivity index (χ0) is 16.1. The SMILES string of the molecule is O=C(NCc1ccc(F)cc1Br)NC1CCC(C(=O)O)CC1. The summed E-state index contributed by atoms with van der Waals surface area (Å²) in [5, 5.41) is 14.5. The maximum Gasteiger partial charge on any atom is 0.315 e. The smallest absolute Gasteiger partial charge is 0.315 e. The topological polar surface area (TPSA) is 78.4 Å². The zero-order valence-corrected chi connectivity index (χ0v) is 13.5. The average molecular weight is 373 g/mol. The average Bonchev–Trinajstić information content (AvgIpc) is 2.47. The minimum atomic E-state index is -0.760. The van der Waals surface area contributed by atoms with Crippen LogP contribution in [0.4, 0.5) is 9.18 Å². The van der Waals surface area contributed by atoms with Crippen LogP contribution in [0.5, 0.6) is 0 Å². The van der Waals surface area contributed by atoms with Gasteiger partial charge < -0.3 is 15.7 Å². The number of carbonyl (C=O) groups is 2. The molecule has 120 valence electrons. The summed E-state index contributed by atoms with van der Waals surface area (Å²) in [6, 6.07) is 4.01. The number of halogens is 2. The van der Waals surface area contributed by atoms with Crippen molar-refractivity contribution in [3.05, 3.63) is 34.1 Å². The maximum atomic E-state index is 13.0. The van der Waals surface area contributed by atoms with Gasteiger partial charge in [-0.3, -0.25) is 4.79 Å². The van der Waals surface area contributed by atoms with Crippen LogP contribution in [-0.4, -0.2) is 23.1 Å². The second-order valence-electron chi connectivity index (χ2n) is 5.45. The zero-order valence-electron chi connectivity index (χ0n) is 11.9. The molecule has 22 heavy (non-hydrogen) atoms. The summed E-state index contributed by atoms with van der Waals surface area (Å²) >= 11 is 3.25. The van der Waals surface area contributed by atoms with Crippen LogP contribution in [0.15, 0.2) is 22.7 Å². The van der Waals surface area contributed by atoms with Gasteiger partial charge >= 0.3 is 12.0 Å². The highest BCUT2D eigenvalue weighted by molar-refractivity contribution is 9.10. The molecule has 1 aromatic rings. The van der Waals surface area contributed by atoms with Crippen LogP contribution in [0, 0.1) is 11.7 Å². The monoisotopic (exact) mass is 372 g/mol. The molecule has 0 atom stereocenters. The van der Waals surface area contributed by atoms with Crippen LogP contribution in [0.1, 0.15) is 31.2 Å². The summed E-state index contributed by atoms with van der Waals surface area (Å²) in [5.74, 6) is -1.39. The predicted octanol–water partition coefficient (Wildman–Crippen LogP) is 3.03. The molecule has 0 radical (unpaired) electrons. The standard InChI is InChI=1S/C15H18BrFN2O3/c16-13-7-11(17)4-1-10(13)8-18-15(22)19-12-5-2-9(3-6-12)14(20)21/h1,4,7,9,12H,2-3,5-6,8H2,(H,20,21)(H2,18,19,22). The Bertz CT molecular complexity index is 560. The molecule has 1 aromatic carbocycles. The Hall–Kier alpha value is -1.63. The van der Waals surface area contributed by atoms with Gasteiger partial charge in [-0.05, 0) is 43.4 Å². The number of carboxylic acid groups (broad SMARTS) is 1. The second kappa shape index (κ2) is 7.58. The fourth-order valence-electron chi connectivity index (χ4n) is 2.56. The Labute approximate surface area is 136 Å². The number of nitrogens with one attached hydrogen (secondary N) is 2. The molecule has 1 aliphatic rings. The molecular formula is C15H18BrFN2O3. The summed E-state index contributed by atoms with van der Waals surface area (Å²) in [4.78, 5) is 22.7. The quantitative estimate of drug-likeness (QED) is 0.759. The lowest BCUT2D eigenvalue weighted by molar-refractivity contribution is -0.142. The van der Waals surface area contributed by atoms with Crippen molar-refractivity contribution in [2.75, 3.05) is 0 Å². The number of carboxylic acids is 1. The second-order valence-corrected chi connectivity index (χ2v) is 6.30. The third-order valence-corrected chi connectivity index (χ3v) is 4.60. The van der Waals surface area contributed by atoms with Gasteiger partial charge in [-0.1, -0.05) is 22.0 Å². The highest BCUT2D eigenvalue weighted by Crippen LogP contribution is 2.24. The minimum Gasteiger partial charge on any atom is -0.481 e. The van der Waals surface area contributed by atoms with Crippen LogP contribution < -0.4 is 10.6 Å². The van der Waals surface area contributed by atoms with E-state index >= 15 is 0 Å². The first-order chi connectivity index (χ1) is 10.5. The number of amides is 2. The van der Waals surface area contributed by atoms with Gasteiger partial charge in [0.05, 0.1) is 5.92 Å². The van der Waals surface area contributed by atoms with E-state index in [1.807, 2.05) is 0 Å². The molecule has 0 saturated heterocycles. The molecule has 2 amide bonds. The van der Waals surface area contributed by atoms with E-state index in [0.29, 0.717) is 30.2 Å². The van der Waals surface area contributed by atoms with E-state index in [1.165, 1.54) is 12.1 Å². The van der Waals surface area contributed by atoms with Crippen molar-refractivity contribution in [2.24, 2.45) is 5.92 Å². The van der Waals surface area contributed by atoms with Crippen molar-refractivity contribution < 1.29 is 19.1 Å². The van der Waals surface area contributed by atoms with E-state index in [1.54, 1.807) is 6.07 Å². The van der Waals surface area contributed by atoms with Gasteiger partial charge in [-0.15, -0.1) is 0 Å². The molecule has 1 fully saturated rings. The first-order valence-corrected chi connectivity index (χ1v) is 7.96. The summed E-state index contributed by atoms with van der Waals surface area (Å²) in [7, 11) is 0. The molecule has 2 rings (SSSR count). The van der Waals surface area contributed by atoms with Crippen molar-refractivity contribution in [3.63, 3.8) is 0 Å². The molecule has 5 nitrogen and oxygen atoms in total. The number of carbonyl (C=O) groups excluding carboxylic acids is 1. The van der Waals surface area contributed by atoms with Crippen LogP contribution >= 0.6 is 15.9 Å². The van der Waals surface area contributed by atoms with Gasteiger partial charge in [0.1, 0.15) is 5.82 Å². The molecule has 0 bridgehead atoms. The van der Waals surface area contributed by atoms with E-state index in [4.69, 9.17) is 5.11 Å². The van der Waals surface area contributed by atoms with E-state index in [9.17, 15) is 14.0 Å². The third-order valence-electron chi connectivity index (χ3n) is 3.87. The molecule has 0 unspecified atom stereocenters. The van der Waals surface area contributed by atoms with Gasteiger partial charge in [0.15, 0.2) is 0 Å². The van der Waals surface area contributed by atoms with Crippen molar-refractivity contribution in [3.8, 4) is 0 Å². The first kappa shape index (κ1) is 16.7. The molecule has 7 heteroatoms. The summed E-state index contributed by atoms with van der Waals surface area (Å²) in [6.07, 6.45) is 2.52. The molecule has 0 aliphatic heterocycles. The van der Waals surface area contributed by atoms with Gasteiger partial charge in [0.2, 0.25) is 0 Å². The number of rotatable bonds is 4. The largest absolute Gasteiger partial charge is 0.481 e. The lowest BCUT2D eigenvalue weighted by atomic mass is 9.86. The number of urea groups is 1. The van der Waals surface area contributed by atoms with E-state index in [2.05, 4.69) is 26.6 Å². The summed E-state index contributed by atoms with van der Waals surface area (Å²) < 4.78 is 13.6. The van der Waals surface area contributed by atoms with Gasteiger partial charge in [-0.2, -0.15) is 0 Å². The molecule has 0 heterocycles. The lowest BCUT2D eigenvalue weighted by Gasteiger charge is -2.26. The van der Waals surface area contributed by atoms with Crippen LogP contribution in [0.25, 0.3) is 0 Å². The molecule has 0 spiro atoms. The number of aliphatic carboxylic acids is 1. The van der Waals surface area contributed by atoms with Gasteiger partial charge in [0.25, 0.3) is 0 Å². The summed E-state index contributed by atoms with van der Waals surface area (Å²) in [5.41, 5.74) is 0.783. The summed E-state index contributed by atoms with van der Waals surface area (Å²) in [6.45, 7) is 0.289. The predicted molar refractivity (Wildman–Crippen MR) is 82.9 cm³/mol. The van der Waals surface area contributed by atoms with Crippen molar-refractivity contribution in [1.29, 1.82) is 0 Å². The van der Waals surface area contributed by atoms with Crippen LogP contribution in [0.2, 0.25) is 0 Å². The highest BCUT2D eigenvalue weighted by Gasteiger charge is 2.26. The molecule has 3 N–H and O–H groups in total. The van der Waals surface area contributed by atoms with E-state index in [0.717, 1.165) is 5.56 Å². The highest BCUT2D eigenvalue weighted by atomic mass is 79.9. The van der Waals surface area contributed by atoms with E-state index < -0.39 is 5.97 Å². The Balaban J connectivity index is 1.75. The Morgan fingerprint density at radius 3 is 2.55 bits per heavy atom. The van der Waals surface area contributed by atoms with Crippen molar-refractivity contribution in [1.82, 2.24) is 10.6 Å². The number of hydrogen-bond donors (Lipinski definition) is 3. The molecule has 1 aliphatic carbocycles. The maximum absolute atomic E-state index is 13.0. The van der Waals surface area contributed by atoms with E-state index in [-0.39, 0.29) is 30.4 Å². The van der Waals surface area contributed by atoms with Crippen molar-refractivity contribution in [2.45, 2.75) is 38.3 Å². The number of hydrogen-bond acceptors (Lipinski definition) is 2.